The molecule has 24 heavy (non-hydrogen) atoms. The van der Waals surface area contributed by atoms with E-state index in [9.17, 15) is 14.4 Å². The molecule has 0 saturated carbocycles. The zero-order chi connectivity index (χ0) is 17.1. The minimum absolute atomic E-state index is 0.0547. The van der Waals surface area contributed by atoms with Gasteiger partial charge >= 0.3 is 6.03 Å². The van der Waals surface area contributed by atoms with E-state index in [1.807, 2.05) is 29.9 Å². The van der Waals surface area contributed by atoms with Crippen LogP contribution in [0.1, 0.15) is 17.9 Å². The molecule has 3 heterocycles. The highest BCUT2D eigenvalue weighted by molar-refractivity contribution is 6.05. The lowest BCUT2D eigenvalue weighted by Gasteiger charge is -2.11. The van der Waals surface area contributed by atoms with Gasteiger partial charge in [-0.15, -0.1) is 0 Å². The van der Waals surface area contributed by atoms with Gasteiger partial charge < -0.3 is 19.6 Å². The van der Waals surface area contributed by atoms with E-state index in [2.05, 4.69) is 10.6 Å². The lowest BCUT2D eigenvalue weighted by molar-refractivity contribution is -0.131. The number of urea groups is 1. The Morgan fingerprint density at radius 1 is 1.33 bits per heavy atom. The first kappa shape index (κ1) is 15.9. The van der Waals surface area contributed by atoms with Crippen molar-refractivity contribution < 1.29 is 18.8 Å². The molecule has 1 aliphatic rings. The molecular formula is C16H18N4O4. The third kappa shape index (κ3) is 3.32. The zero-order valence-electron chi connectivity index (χ0n) is 13.2. The highest BCUT2D eigenvalue weighted by Crippen LogP contribution is 2.14. The van der Waals surface area contributed by atoms with Crippen molar-refractivity contribution in [1.29, 1.82) is 0 Å². The molecule has 0 aliphatic carbocycles. The number of imide groups is 1. The number of furan rings is 1. The summed E-state index contributed by atoms with van der Waals surface area (Å²) in [7, 11) is 1.88. The molecule has 1 aliphatic heterocycles. The number of hydrogen-bond acceptors (Lipinski definition) is 4. The largest absolute Gasteiger partial charge is 0.467 e. The molecule has 8 heteroatoms. The van der Waals surface area contributed by atoms with Gasteiger partial charge in [0.25, 0.3) is 5.91 Å². The van der Waals surface area contributed by atoms with E-state index < -0.39 is 18.0 Å². The molecule has 126 valence electrons. The molecule has 0 spiro atoms. The van der Waals surface area contributed by atoms with Crippen molar-refractivity contribution in [2.45, 2.75) is 25.6 Å². The predicted molar refractivity (Wildman–Crippen MR) is 83.5 cm³/mol. The maximum Gasteiger partial charge on any atom is 0.325 e. The average Bonchev–Trinajstić information content (AvgIpc) is 3.25. The fraction of sp³-hybridized carbons (Fsp3) is 0.312. The van der Waals surface area contributed by atoms with Crippen LogP contribution in [0.4, 0.5) is 4.79 Å². The van der Waals surface area contributed by atoms with Crippen LogP contribution in [-0.2, 0) is 29.7 Å². The van der Waals surface area contributed by atoms with E-state index in [1.165, 1.54) is 6.26 Å². The standard InChI is InChI=1S/C16H18N4O4/c1-19-6-2-4-11(19)9-17-14(21)8-13-15(22)20(16(23)18-13)10-12-5-3-7-24-12/h2-7,13H,8-10H2,1H3,(H,17,21)(H,18,23). The summed E-state index contributed by atoms with van der Waals surface area (Å²) in [4.78, 5) is 37.3. The molecule has 1 unspecified atom stereocenters. The van der Waals surface area contributed by atoms with Crippen molar-refractivity contribution in [2.24, 2.45) is 7.05 Å². The normalized spacial score (nSPS) is 17.2. The molecule has 2 N–H and O–H groups in total. The van der Waals surface area contributed by atoms with E-state index in [1.54, 1.807) is 12.1 Å². The van der Waals surface area contributed by atoms with E-state index >= 15 is 0 Å². The summed E-state index contributed by atoms with van der Waals surface area (Å²) in [5, 5.41) is 5.28. The first-order valence-electron chi connectivity index (χ1n) is 7.56. The summed E-state index contributed by atoms with van der Waals surface area (Å²) in [6.45, 7) is 0.423. The molecule has 2 aromatic rings. The molecule has 0 radical (unpaired) electrons. The third-order valence-electron chi connectivity index (χ3n) is 3.91. The van der Waals surface area contributed by atoms with Crippen LogP contribution in [0.5, 0.6) is 0 Å². The number of aryl methyl sites for hydroxylation is 1. The van der Waals surface area contributed by atoms with Crippen molar-refractivity contribution in [3.05, 3.63) is 48.2 Å². The Morgan fingerprint density at radius 2 is 2.17 bits per heavy atom. The van der Waals surface area contributed by atoms with Gasteiger partial charge in [-0.3, -0.25) is 14.5 Å². The monoisotopic (exact) mass is 330 g/mol. The highest BCUT2D eigenvalue weighted by atomic mass is 16.3. The summed E-state index contributed by atoms with van der Waals surface area (Å²) < 4.78 is 7.04. The van der Waals surface area contributed by atoms with Gasteiger partial charge in [-0.1, -0.05) is 0 Å². The minimum atomic E-state index is -0.846. The molecule has 1 atom stereocenters. The lowest BCUT2D eigenvalue weighted by atomic mass is 10.2. The zero-order valence-corrected chi connectivity index (χ0v) is 13.2. The number of aromatic nitrogens is 1. The summed E-state index contributed by atoms with van der Waals surface area (Å²) in [6, 6.07) is 5.78. The van der Waals surface area contributed by atoms with Crippen LogP contribution < -0.4 is 10.6 Å². The SMILES string of the molecule is Cn1cccc1CNC(=O)CC1NC(=O)N(Cc2ccco2)C1=O. The number of carbonyl (C=O) groups is 3. The van der Waals surface area contributed by atoms with Crippen molar-refractivity contribution in [1.82, 2.24) is 20.1 Å². The first-order valence-corrected chi connectivity index (χ1v) is 7.56. The van der Waals surface area contributed by atoms with Gasteiger partial charge in [0.15, 0.2) is 0 Å². The fourth-order valence-electron chi connectivity index (χ4n) is 2.55. The van der Waals surface area contributed by atoms with Crippen LogP contribution in [-0.4, -0.2) is 33.4 Å². The fourth-order valence-corrected chi connectivity index (χ4v) is 2.55. The van der Waals surface area contributed by atoms with Crippen molar-refractivity contribution in [2.75, 3.05) is 0 Å². The number of carbonyl (C=O) groups excluding carboxylic acids is 3. The summed E-state index contributed by atoms with van der Waals surface area (Å²) in [5.41, 5.74) is 0.949. The second kappa shape index (κ2) is 6.61. The van der Waals surface area contributed by atoms with Gasteiger partial charge in [0.2, 0.25) is 5.91 Å². The molecule has 3 rings (SSSR count). The average molecular weight is 330 g/mol. The van der Waals surface area contributed by atoms with Crippen molar-refractivity contribution in [3.63, 3.8) is 0 Å². The van der Waals surface area contributed by atoms with Gasteiger partial charge in [-0.05, 0) is 24.3 Å². The number of amides is 4. The number of nitrogens with zero attached hydrogens (tertiary/aromatic N) is 2. The first-order chi connectivity index (χ1) is 11.5. The lowest BCUT2D eigenvalue weighted by Crippen LogP contribution is -2.36. The summed E-state index contributed by atoms with van der Waals surface area (Å²) in [6.07, 6.45) is 3.26. The topological polar surface area (TPSA) is 96.6 Å². The van der Waals surface area contributed by atoms with Gasteiger partial charge in [-0.25, -0.2) is 4.79 Å². The molecule has 8 nitrogen and oxygen atoms in total. The summed E-state index contributed by atoms with van der Waals surface area (Å²) >= 11 is 0. The molecule has 1 saturated heterocycles. The van der Waals surface area contributed by atoms with Gasteiger partial charge in [0.05, 0.1) is 25.8 Å². The molecular weight excluding hydrogens is 312 g/mol. The Hall–Kier alpha value is -3.03. The van der Waals surface area contributed by atoms with E-state index in [0.717, 1.165) is 10.6 Å². The number of nitrogens with one attached hydrogen (secondary N) is 2. The predicted octanol–water partition coefficient (Wildman–Crippen LogP) is 0.745. The van der Waals surface area contributed by atoms with E-state index in [-0.39, 0.29) is 18.9 Å². The van der Waals surface area contributed by atoms with Crippen LogP contribution in [0.25, 0.3) is 0 Å². The Labute approximate surface area is 138 Å². The quantitative estimate of drug-likeness (QED) is 0.764. The third-order valence-corrected chi connectivity index (χ3v) is 3.91. The van der Waals surface area contributed by atoms with Crippen LogP contribution >= 0.6 is 0 Å². The van der Waals surface area contributed by atoms with E-state index in [0.29, 0.717) is 12.3 Å². The highest BCUT2D eigenvalue weighted by Gasteiger charge is 2.39. The van der Waals surface area contributed by atoms with Gasteiger partial charge in [0.1, 0.15) is 11.8 Å². The number of hydrogen-bond donors (Lipinski definition) is 2. The van der Waals surface area contributed by atoms with Crippen LogP contribution in [0, 0.1) is 0 Å². The van der Waals surface area contributed by atoms with Crippen molar-refractivity contribution in [3.8, 4) is 0 Å². The number of rotatable bonds is 6. The van der Waals surface area contributed by atoms with Crippen LogP contribution in [0.3, 0.4) is 0 Å². The maximum atomic E-state index is 12.3. The minimum Gasteiger partial charge on any atom is -0.467 e. The van der Waals surface area contributed by atoms with Crippen molar-refractivity contribution >= 4 is 17.8 Å². The Kier molecular flexibility index (Phi) is 4.37. The van der Waals surface area contributed by atoms with Gasteiger partial charge in [-0.2, -0.15) is 0 Å². The Bertz CT molecular complexity index is 750. The maximum absolute atomic E-state index is 12.3. The van der Waals surface area contributed by atoms with E-state index in [4.69, 9.17) is 4.42 Å². The molecule has 0 bridgehead atoms. The molecule has 1 fully saturated rings. The van der Waals surface area contributed by atoms with Crippen LogP contribution in [0.15, 0.2) is 41.1 Å². The van der Waals surface area contributed by atoms with Crippen LogP contribution in [0.2, 0.25) is 0 Å². The second-order valence-electron chi connectivity index (χ2n) is 5.60. The molecule has 0 aromatic carbocycles. The Morgan fingerprint density at radius 3 is 2.83 bits per heavy atom. The molecule has 2 aromatic heterocycles. The second-order valence-corrected chi connectivity index (χ2v) is 5.60. The smallest absolute Gasteiger partial charge is 0.325 e. The summed E-state index contributed by atoms with van der Waals surface area (Å²) in [5.74, 6) is -0.215. The van der Waals surface area contributed by atoms with Gasteiger partial charge in [0, 0.05) is 18.9 Å². The Balaban J connectivity index is 1.53. The molecule has 4 amide bonds.